The van der Waals surface area contributed by atoms with E-state index in [-0.39, 0.29) is 37.3 Å². The van der Waals surface area contributed by atoms with Crippen molar-refractivity contribution >= 4 is 96.2 Å². The van der Waals surface area contributed by atoms with Crippen LogP contribution in [0.4, 0.5) is 11.4 Å². The van der Waals surface area contributed by atoms with Crippen molar-refractivity contribution in [1.29, 1.82) is 0 Å². The first kappa shape index (κ1) is 57.4. The van der Waals surface area contributed by atoms with Crippen molar-refractivity contribution in [2.75, 3.05) is 50.4 Å². The Balaban J connectivity index is 0.000000175. The maximum Gasteiger partial charge on any atom is 0.494 e. The second-order valence-corrected chi connectivity index (χ2v) is 19.7. The normalized spacial score (nSPS) is 12.8. The topological polar surface area (TPSA) is 155 Å². The number of benzene rings is 8. The highest BCUT2D eigenvalue weighted by Gasteiger charge is 2.34. The molecule has 392 valence electrons. The molecular weight excluding hydrogens is 1060 g/mol. The summed E-state index contributed by atoms with van der Waals surface area (Å²) >= 11 is 3.49. The molecule has 0 unspecified atom stereocenters. The van der Waals surface area contributed by atoms with E-state index in [0.717, 1.165) is 133 Å². The Hall–Kier alpha value is -6.29. The summed E-state index contributed by atoms with van der Waals surface area (Å²) in [7, 11) is -1.72. The lowest BCUT2D eigenvalue weighted by molar-refractivity contribution is -0.00100. The molecule has 0 amide bonds. The smallest absolute Gasteiger partial charge is 0.494 e. The van der Waals surface area contributed by atoms with E-state index < -0.39 is 7.12 Å². The summed E-state index contributed by atoms with van der Waals surface area (Å²) in [4.78, 5) is 9.78. The highest BCUT2D eigenvalue weighted by molar-refractivity contribution is 9.08. The van der Waals surface area contributed by atoms with Gasteiger partial charge in [-0.05, 0) is 61.9 Å². The minimum absolute atomic E-state index is 0. The average molecular weight is 1120 g/mol. The molecule has 0 saturated carbocycles. The number of alkyl halides is 1. The molecule has 1 saturated heterocycles. The SMILES string of the molecule is CC1(C)COB(c2ccccc2CBr)OC1.CC[N+](CC)=c1ccc2nc3c(cc(N)c4ccccc43)oc-2c1.CC[N+](CC)=c1ccc2nc3c(cc(NCc4ccccc4B(O)O)c4ccccc43)oc-2c1.[Cl-].[Cl-]. The van der Waals surface area contributed by atoms with Gasteiger partial charge in [0.05, 0.1) is 12.1 Å². The van der Waals surface area contributed by atoms with Gasteiger partial charge in [0.15, 0.2) is 22.7 Å². The lowest BCUT2D eigenvalue weighted by Gasteiger charge is -2.33. The monoisotopic (exact) mass is 1120 g/mol. The van der Waals surface area contributed by atoms with E-state index >= 15 is 0 Å². The van der Waals surface area contributed by atoms with Gasteiger partial charge in [-0.25, -0.2) is 19.1 Å². The molecule has 76 heavy (non-hydrogen) atoms. The maximum absolute atomic E-state index is 9.71. The molecule has 0 bridgehead atoms. The Morgan fingerprint density at radius 1 is 0.618 bits per heavy atom. The molecule has 5 N–H and O–H groups in total. The molecule has 12 nitrogen and oxygen atoms in total. The molecule has 17 heteroatoms. The minimum atomic E-state index is -1.52. The number of nitrogen functional groups attached to an aromatic ring is 1. The molecule has 0 radical (unpaired) electrons. The first-order chi connectivity index (χ1) is 35.9. The molecule has 3 heterocycles. The van der Waals surface area contributed by atoms with E-state index in [0.29, 0.717) is 23.3 Å². The van der Waals surface area contributed by atoms with Crippen molar-refractivity contribution in [3.8, 4) is 22.9 Å². The van der Waals surface area contributed by atoms with Gasteiger partial charge in [0.1, 0.15) is 48.6 Å². The molecular formula is C59H63B2BrCl2N6O6. The van der Waals surface area contributed by atoms with Crippen LogP contribution in [0.15, 0.2) is 154 Å². The number of aromatic nitrogens is 2. The van der Waals surface area contributed by atoms with Gasteiger partial charge in [-0.15, -0.1) is 0 Å². The molecule has 0 spiro atoms. The Morgan fingerprint density at radius 2 is 1.09 bits per heavy atom. The number of nitrogens with zero attached hydrogens (tertiary/aromatic N) is 4. The van der Waals surface area contributed by atoms with Crippen molar-refractivity contribution in [3.05, 3.63) is 167 Å². The Labute approximate surface area is 465 Å². The number of hydrogen-bond donors (Lipinski definition) is 4. The van der Waals surface area contributed by atoms with Crippen LogP contribution in [0.25, 0.3) is 66.7 Å². The van der Waals surface area contributed by atoms with E-state index in [1.165, 1.54) is 5.56 Å². The summed E-state index contributed by atoms with van der Waals surface area (Å²) in [5, 5.41) is 30.0. The number of hydrogen-bond acceptors (Lipinski definition) is 10. The number of anilines is 2. The fourth-order valence-electron chi connectivity index (χ4n) is 9.53. The zero-order chi connectivity index (χ0) is 51.9. The van der Waals surface area contributed by atoms with Gasteiger partial charge < -0.3 is 64.1 Å². The van der Waals surface area contributed by atoms with Crippen LogP contribution in [0.5, 0.6) is 0 Å². The second-order valence-electron chi connectivity index (χ2n) is 19.1. The van der Waals surface area contributed by atoms with E-state index in [1.807, 2.05) is 91.0 Å². The molecule has 3 aliphatic heterocycles. The van der Waals surface area contributed by atoms with Crippen molar-refractivity contribution < 1.29 is 53.0 Å². The lowest BCUT2D eigenvalue weighted by atomic mass is 9.74. The number of fused-ring (bicyclic) bond motifs is 8. The predicted octanol–water partition coefficient (Wildman–Crippen LogP) is 3.03. The summed E-state index contributed by atoms with van der Waals surface area (Å²) in [6, 6.07) is 47.8. The summed E-state index contributed by atoms with van der Waals surface area (Å²) in [5.74, 6) is 1.52. The van der Waals surface area contributed by atoms with Crippen molar-refractivity contribution in [2.24, 2.45) is 5.41 Å². The lowest BCUT2D eigenvalue weighted by Crippen LogP contribution is -3.00. The fraction of sp³-hybridized carbons (Fsp3) is 0.254. The van der Waals surface area contributed by atoms with Crippen molar-refractivity contribution in [1.82, 2.24) is 19.1 Å². The van der Waals surface area contributed by atoms with Gasteiger partial charge in [0, 0.05) is 87.7 Å². The molecule has 0 aromatic heterocycles. The van der Waals surface area contributed by atoms with Crippen LogP contribution in [0.1, 0.15) is 52.7 Å². The standard InChI is InChI=1S/C27H26BN3O3.C20H19N3O.C12H16BBrO2.2ClH/c1-3-31(4-2)19-13-14-23-25(15-19)34-26-16-24(20-10-6-7-11-21(20)27(26)30-23)29-17-18-9-5-8-12-22(18)28(32)33;1-3-23(4-2)13-9-10-17-18(11-13)24-19-12-16(21)14-7-5-6-8-15(14)20(19)22-17;1-12(2)8-15-13(16-9-12)11-6-4-3-5-10(11)7-14;;/h5-16,32-33H,3-4,17H2,1-2H3;5-12,21H,3-4H2,1-2H3;3-6H,7-9H2,1-2H3;2*1H. The zero-order valence-corrected chi connectivity index (χ0v) is 46.8. The quantitative estimate of drug-likeness (QED) is 0.0402. The Kier molecular flexibility index (Phi) is 19.4. The van der Waals surface area contributed by atoms with Gasteiger partial charge in [-0.1, -0.05) is 127 Å². The third kappa shape index (κ3) is 12.6. The number of nitrogens with two attached hydrogens (primary N) is 1. The fourth-order valence-corrected chi connectivity index (χ4v) is 10.0. The molecule has 5 aliphatic rings. The second kappa shape index (κ2) is 25.7. The summed E-state index contributed by atoms with van der Waals surface area (Å²) < 4.78 is 28.6. The first-order valence-electron chi connectivity index (χ1n) is 25.4. The van der Waals surface area contributed by atoms with Crippen molar-refractivity contribution in [2.45, 2.75) is 53.4 Å². The predicted molar refractivity (Wildman–Crippen MR) is 307 cm³/mol. The molecule has 11 rings (SSSR count). The molecule has 6 aromatic rings. The molecule has 1 fully saturated rings. The van der Waals surface area contributed by atoms with Crippen LogP contribution in [-0.4, -0.2) is 73.6 Å². The van der Waals surface area contributed by atoms with Crippen LogP contribution < -0.4 is 66.7 Å². The van der Waals surface area contributed by atoms with Crippen LogP contribution in [0.2, 0.25) is 0 Å². The average Bonchev–Trinajstić information content (AvgIpc) is 3.44. The third-order valence-corrected chi connectivity index (χ3v) is 14.2. The summed E-state index contributed by atoms with van der Waals surface area (Å²) in [6.07, 6.45) is 0. The van der Waals surface area contributed by atoms with Crippen molar-refractivity contribution in [3.63, 3.8) is 0 Å². The largest absolute Gasteiger partial charge is 1.00 e. The van der Waals surface area contributed by atoms with Gasteiger partial charge in [0.25, 0.3) is 0 Å². The Morgan fingerprint density at radius 3 is 1.63 bits per heavy atom. The third-order valence-electron chi connectivity index (χ3n) is 13.5. The van der Waals surface area contributed by atoms with Crippen LogP contribution in [-0.2, 0) is 21.2 Å². The highest BCUT2D eigenvalue weighted by atomic mass is 79.9. The van der Waals surface area contributed by atoms with E-state index in [2.05, 4.69) is 114 Å². The zero-order valence-electron chi connectivity index (χ0n) is 43.7. The number of nitrogens with one attached hydrogen (secondary N) is 1. The summed E-state index contributed by atoms with van der Waals surface area (Å²) in [5.41, 5.74) is 16.3. The van der Waals surface area contributed by atoms with Crippen LogP contribution in [0, 0.1) is 5.41 Å². The highest BCUT2D eigenvalue weighted by Crippen LogP contribution is 2.35. The van der Waals surface area contributed by atoms with Gasteiger partial charge in [-0.3, -0.25) is 0 Å². The minimum Gasteiger partial charge on any atom is -1.00 e. The Bertz CT molecular complexity index is 3680. The van der Waals surface area contributed by atoms with Gasteiger partial charge in [0.2, 0.25) is 10.7 Å². The van der Waals surface area contributed by atoms with E-state index in [9.17, 15) is 10.0 Å². The molecule has 6 aromatic carbocycles. The van der Waals surface area contributed by atoms with Gasteiger partial charge in [-0.2, -0.15) is 0 Å². The summed E-state index contributed by atoms with van der Waals surface area (Å²) in [6.45, 7) is 18.6. The van der Waals surface area contributed by atoms with Gasteiger partial charge >= 0.3 is 14.2 Å². The van der Waals surface area contributed by atoms with Crippen LogP contribution >= 0.6 is 15.9 Å². The molecule has 0 atom stereocenters. The maximum atomic E-state index is 9.71. The van der Waals surface area contributed by atoms with Crippen LogP contribution in [0.3, 0.4) is 0 Å². The van der Waals surface area contributed by atoms with E-state index in [1.54, 1.807) is 12.1 Å². The first-order valence-corrected chi connectivity index (χ1v) is 26.5. The van der Waals surface area contributed by atoms with E-state index in [4.69, 9.17) is 33.8 Å². The number of halogens is 3. The molecule has 2 aliphatic carbocycles. The number of rotatable bonds is 10.